The molecule has 0 saturated heterocycles. The molecule has 3 amide bonds. The molecule has 7 nitrogen and oxygen atoms in total. The maximum absolute atomic E-state index is 12.2. The number of hydrogen-bond donors (Lipinski definition) is 4. The monoisotopic (exact) mass is 370 g/mol. The molecule has 26 heavy (non-hydrogen) atoms. The molecule has 132 valence electrons. The Morgan fingerprint density at radius 3 is 2.42 bits per heavy atom. The fraction of sp³-hybridized carbons (Fsp3) is 0.0556. The number of halogens is 1. The van der Waals surface area contributed by atoms with Crippen molar-refractivity contribution < 1.29 is 14.4 Å². The minimum Gasteiger partial charge on any atom is -0.360 e. The zero-order valence-corrected chi connectivity index (χ0v) is 14.3. The molecule has 0 spiro atoms. The van der Waals surface area contributed by atoms with E-state index >= 15 is 0 Å². The first kappa shape index (κ1) is 17.5. The lowest BCUT2D eigenvalue weighted by atomic mass is 10.2. The van der Waals surface area contributed by atoms with E-state index in [-0.39, 0.29) is 17.1 Å². The van der Waals surface area contributed by atoms with Crippen molar-refractivity contribution in [1.82, 2.24) is 21.2 Å². The lowest BCUT2D eigenvalue weighted by molar-refractivity contribution is -0.120. The smallest absolute Gasteiger partial charge is 0.271 e. The molecule has 0 aliphatic rings. The quantitative estimate of drug-likeness (QED) is 0.528. The van der Waals surface area contributed by atoms with Crippen LogP contribution < -0.4 is 16.2 Å². The van der Waals surface area contributed by atoms with Crippen LogP contribution in [0.3, 0.4) is 0 Å². The first-order valence-electron chi connectivity index (χ1n) is 7.74. The van der Waals surface area contributed by atoms with Gasteiger partial charge in [-0.05, 0) is 18.2 Å². The molecule has 8 heteroatoms. The second-order valence-electron chi connectivity index (χ2n) is 5.41. The van der Waals surface area contributed by atoms with Gasteiger partial charge < -0.3 is 10.3 Å². The van der Waals surface area contributed by atoms with Gasteiger partial charge in [-0.25, -0.2) is 0 Å². The molecule has 3 aromatic rings. The van der Waals surface area contributed by atoms with E-state index in [1.54, 1.807) is 36.5 Å². The van der Waals surface area contributed by atoms with Gasteiger partial charge in [0.15, 0.2) is 0 Å². The van der Waals surface area contributed by atoms with E-state index < -0.39 is 17.7 Å². The van der Waals surface area contributed by atoms with Gasteiger partial charge in [0.1, 0.15) is 0 Å². The summed E-state index contributed by atoms with van der Waals surface area (Å²) in [6.45, 7) is -0.307. The zero-order chi connectivity index (χ0) is 18.5. The fourth-order valence-corrected chi connectivity index (χ4v) is 2.62. The molecule has 0 bridgehead atoms. The largest absolute Gasteiger partial charge is 0.360 e. The zero-order valence-electron chi connectivity index (χ0n) is 13.5. The Kier molecular flexibility index (Phi) is 5.19. The average Bonchev–Trinajstić information content (AvgIpc) is 3.08. The van der Waals surface area contributed by atoms with Crippen LogP contribution in [0.15, 0.2) is 54.7 Å². The summed E-state index contributed by atoms with van der Waals surface area (Å²) < 4.78 is 0. The highest BCUT2D eigenvalue weighted by Gasteiger charge is 2.14. The number of nitrogens with one attached hydrogen (secondary N) is 4. The molecule has 0 unspecified atom stereocenters. The summed E-state index contributed by atoms with van der Waals surface area (Å²) in [5.74, 6) is -1.51. The Hall–Kier alpha value is -3.32. The van der Waals surface area contributed by atoms with Crippen LogP contribution in [0, 0.1) is 0 Å². The van der Waals surface area contributed by atoms with Gasteiger partial charge in [0.05, 0.1) is 22.7 Å². The van der Waals surface area contributed by atoms with E-state index in [9.17, 15) is 14.4 Å². The molecule has 0 aliphatic carbocycles. The van der Waals surface area contributed by atoms with Gasteiger partial charge in [0, 0.05) is 17.1 Å². The van der Waals surface area contributed by atoms with Crippen molar-refractivity contribution >= 4 is 40.2 Å². The second-order valence-corrected chi connectivity index (χ2v) is 5.82. The summed E-state index contributed by atoms with van der Waals surface area (Å²) in [4.78, 5) is 38.9. The summed E-state index contributed by atoms with van der Waals surface area (Å²) in [5, 5.41) is 3.47. The average molecular weight is 371 g/mol. The first-order chi connectivity index (χ1) is 12.6. The number of fused-ring (bicyclic) bond motifs is 1. The van der Waals surface area contributed by atoms with Crippen molar-refractivity contribution in [2.75, 3.05) is 6.54 Å². The summed E-state index contributed by atoms with van der Waals surface area (Å²) in [6, 6.07) is 13.8. The highest BCUT2D eigenvalue weighted by molar-refractivity contribution is 6.33. The van der Waals surface area contributed by atoms with E-state index in [0.29, 0.717) is 5.56 Å². The number of H-pyrrole nitrogens is 1. The van der Waals surface area contributed by atoms with Gasteiger partial charge in [0.2, 0.25) is 0 Å². The van der Waals surface area contributed by atoms with Crippen LogP contribution in [0.5, 0.6) is 0 Å². The predicted octanol–water partition coefficient (Wildman–Crippen LogP) is 2.01. The van der Waals surface area contributed by atoms with E-state index in [0.717, 1.165) is 10.9 Å². The van der Waals surface area contributed by atoms with Crippen LogP contribution in [0.25, 0.3) is 10.9 Å². The normalized spacial score (nSPS) is 10.3. The number of benzene rings is 2. The molecule has 2 aromatic carbocycles. The van der Waals surface area contributed by atoms with Crippen molar-refractivity contribution in [3.05, 3.63) is 70.9 Å². The number of hydrazine groups is 1. The minimum absolute atomic E-state index is 0.268. The Balaban J connectivity index is 1.52. The number of amides is 3. The lowest BCUT2D eigenvalue weighted by Crippen LogP contribution is -2.46. The van der Waals surface area contributed by atoms with Gasteiger partial charge >= 0.3 is 0 Å². The molecule has 0 fully saturated rings. The maximum Gasteiger partial charge on any atom is 0.271 e. The van der Waals surface area contributed by atoms with Crippen molar-refractivity contribution in [1.29, 1.82) is 0 Å². The number of carbonyl (C=O) groups excluding carboxylic acids is 3. The number of aromatic nitrogens is 1. The van der Waals surface area contributed by atoms with Crippen molar-refractivity contribution in [3.8, 4) is 0 Å². The Morgan fingerprint density at radius 1 is 0.885 bits per heavy atom. The van der Waals surface area contributed by atoms with E-state index in [1.165, 1.54) is 0 Å². The number of rotatable bonds is 4. The Morgan fingerprint density at radius 2 is 1.62 bits per heavy atom. The third-order valence-electron chi connectivity index (χ3n) is 3.68. The summed E-state index contributed by atoms with van der Waals surface area (Å²) in [7, 11) is 0. The van der Waals surface area contributed by atoms with Crippen LogP contribution in [0.2, 0.25) is 5.02 Å². The van der Waals surface area contributed by atoms with Crippen molar-refractivity contribution in [2.45, 2.75) is 0 Å². The highest BCUT2D eigenvalue weighted by Crippen LogP contribution is 2.17. The molecular formula is C18H15ClN4O3. The molecule has 0 atom stereocenters. The summed E-state index contributed by atoms with van der Waals surface area (Å²) in [5.41, 5.74) is 6.06. The molecule has 0 radical (unpaired) electrons. The van der Waals surface area contributed by atoms with E-state index in [1.807, 2.05) is 18.2 Å². The van der Waals surface area contributed by atoms with Gasteiger partial charge in [-0.2, -0.15) is 0 Å². The van der Waals surface area contributed by atoms with Crippen LogP contribution in [0.4, 0.5) is 0 Å². The highest BCUT2D eigenvalue weighted by atomic mass is 35.5. The number of para-hydroxylation sites is 1. The van der Waals surface area contributed by atoms with Gasteiger partial charge in [-0.3, -0.25) is 25.2 Å². The predicted molar refractivity (Wildman–Crippen MR) is 97.7 cm³/mol. The molecule has 0 saturated carbocycles. The van der Waals surface area contributed by atoms with Gasteiger partial charge in [-0.1, -0.05) is 41.9 Å². The van der Waals surface area contributed by atoms with E-state index in [4.69, 9.17) is 11.6 Å². The molecule has 1 aromatic heterocycles. The van der Waals surface area contributed by atoms with Gasteiger partial charge in [0.25, 0.3) is 17.7 Å². The van der Waals surface area contributed by atoms with Crippen LogP contribution in [-0.2, 0) is 4.79 Å². The maximum atomic E-state index is 12.2. The van der Waals surface area contributed by atoms with Crippen LogP contribution in [-0.4, -0.2) is 29.3 Å². The fourth-order valence-electron chi connectivity index (χ4n) is 2.40. The van der Waals surface area contributed by atoms with Crippen LogP contribution >= 0.6 is 11.6 Å². The van der Waals surface area contributed by atoms with Crippen LogP contribution in [0.1, 0.15) is 20.7 Å². The third-order valence-corrected chi connectivity index (χ3v) is 4.01. The number of hydrogen-bond acceptors (Lipinski definition) is 3. The Bertz CT molecular complexity index is 983. The summed E-state index contributed by atoms with van der Waals surface area (Å²) >= 11 is 5.92. The first-order valence-corrected chi connectivity index (χ1v) is 8.12. The molecule has 4 N–H and O–H groups in total. The SMILES string of the molecule is O=C(CNC(=O)c1ccccc1Cl)NNC(=O)c1c[nH]c2ccccc12. The third kappa shape index (κ3) is 3.84. The molecule has 3 rings (SSSR count). The minimum atomic E-state index is -0.571. The van der Waals surface area contributed by atoms with Gasteiger partial charge in [-0.15, -0.1) is 0 Å². The molecular weight excluding hydrogens is 356 g/mol. The summed E-state index contributed by atoms with van der Waals surface area (Å²) in [6.07, 6.45) is 1.56. The van der Waals surface area contributed by atoms with Crippen molar-refractivity contribution in [2.24, 2.45) is 0 Å². The Labute approximate surface area is 153 Å². The van der Waals surface area contributed by atoms with E-state index in [2.05, 4.69) is 21.2 Å². The lowest BCUT2D eigenvalue weighted by Gasteiger charge is -2.08. The number of aromatic amines is 1. The topological polar surface area (TPSA) is 103 Å². The molecule has 1 heterocycles. The van der Waals surface area contributed by atoms with Crippen molar-refractivity contribution in [3.63, 3.8) is 0 Å². The standard InChI is InChI=1S/C18H15ClN4O3/c19-14-7-3-1-6-12(14)17(25)21-10-16(24)22-23-18(26)13-9-20-15-8-4-2-5-11(13)15/h1-9,20H,10H2,(H,21,25)(H,22,24)(H,23,26). The second kappa shape index (κ2) is 7.71. The number of carbonyl (C=O) groups is 3. The molecule has 0 aliphatic heterocycles.